The van der Waals surface area contributed by atoms with Gasteiger partial charge in [-0.1, -0.05) is 44.2 Å². The largest absolute Gasteiger partial charge is 0.493 e. The van der Waals surface area contributed by atoms with E-state index in [0.29, 0.717) is 12.5 Å². The molecular formula is C20H22N2O3. The van der Waals surface area contributed by atoms with E-state index >= 15 is 0 Å². The molecule has 3 aromatic rings. The first kappa shape index (κ1) is 17.0. The van der Waals surface area contributed by atoms with Gasteiger partial charge in [0.15, 0.2) is 0 Å². The van der Waals surface area contributed by atoms with Gasteiger partial charge in [0.05, 0.1) is 19.2 Å². The summed E-state index contributed by atoms with van der Waals surface area (Å²) in [5, 5.41) is 5.64. The van der Waals surface area contributed by atoms with Crippen LogP contribution >= 0.6 is 0 Å². The van der Waals surface area contributed by atoms with Gasteiger partial charge in [0, 0.05) is 10.9 Å². The number of para-hydroxylation sites is 1. The summed E-state index contributed by atoms with van der Waals surface area (Å²) in [6.07, 6.45) is 0. The lowest BCUT2D eigenvalue weighted by atomic mass is 10.1. The van der Waals surface area contributed by atoms with Crippen LogP contribution in [0.5, 0.6) is 5.75 Å². The van der Waals surface area contributed by atoms with Crippen molar-refractivity contribution >= 4 is 16.9 Å². The van der Waals surface area contributed by atoms with E-state index in [2.05, 4.69) is 18.9 Å². The van der Waals surface area contributed by atoms with Gasteiger partial charge in [0.25, 0.3) is 0 Å². The Morgan fingerprint density at radius 3 is 2.72 bits per heavy atom. The second kappa shape index (κ2) is 7.38. The summed E-state index contributed by atoms with van der Waals surface area (Å²) in [6, 6.07) is 15.7. The number of hydrogen-bond acceptors (Lipinski definition) is 4. The third-order valence-corrected chi connectivity index (χ3v) is 3.86. The predicted octanol–water partition coefficient (Wildman–Crippen LogP) is 3.91. The Morgan fingerprint density at radius 1 is 1.16 bits per heavy atom. The standard InChI is InChI=1S/C20H22N2O3/c1-14(2)13-25-16-8-6-7-15(11-16)20-17-9-4-5-10-18(17)22(21-20)12-19(23)24-3/h4-11,14H,12-13H2,1-3H3. The minimum atomic E-state index is -0.325. The van der Waals surface area contributed by atoms with E-state index in [1.165, 1.54) is 7.11 Å². The van der Waals surface area contributed by atoms with Crippen molar-refractivity contribution in [2.24, 2.45) is 5.92 Å². The highest BCUT2D eigenvalue weighted by atomic mass is 16.5. The molecule has 0 saturated heterocycles. The lowest BCUT2D eigenvalue weighted by molar-refractivity contribution is -0.141. The molecule has 0 unspecified atom stereocenters. The maximum atomic E-state index is 11.7. The number of fused-ring (bicyclic) bond motifs is 1. The van der Waals surface area contributed by atoms with E-state index in [-0.39, 0.29) is 12.5 Å². The van der Waals surface area contributed by atoms with E-state index in [0.717, 1.165) is 27.9 Å². The highest BCUT2D eigenvalue weighted by molar-refractivity contribution is 5.94. The molecule has 0 aliphatic carbocycles. The van der Waals surface area contributed by atoms with Crippen molar-refractivity contribution in [3.8, 4) is 17.0 Å². The van der Waals surface area contributed by atoms with E-state index in [4.69, 9.17) is 9.47 Å². The second-order valence-electron chi connectivity index (χ2n) is 6.33. The normalized spacial score (nSPS) is 11.0. The zero-order chi connectivity index (χ0) is 17.8. The van der Waals surface area contributed by atoms with Crippen molar-refractivity contribution < 1.29 is 14.3 Å². The summed E-state index contributed by atoms with van der Waals surface area (Å²) in [4.78, 5) is 11.7. The summed E-state index contributed by atoms with van der Waals surface area (Å²) in [5.41, 5.74) is 2.69. The fraction of sp³-hybridized carbons (Fsp3) is 0.300. The van der Waals surface area contributed by atoms with Crippen molar-refractivity contribution in [2.75, 3.05) is 13.7 Å². The average Bonchev–Trinajstić information content (AvgIpc) is 2.99. The lowest BCUT2D eigenvalue weighted by Gasteiger charge is -2.09. The second-order valence-corrected chi connectivity index (χ2v) is 6.33. The molecular weight excluding hydrogens is 316 g/mol. The molecule has 0 N–H and O–H groups in total. The highest BCUT2D eigenvalue weighted by Gasteiger charge is 2.14. The smallest absolute Gasteiger partial charge is 0.327 e. The average molecular weight is 338 g/mol. The van der Waals surface area contributed by atoms with Gasteiger partial charge < -0.3 is 9.47 Å². The van der Waals surface area contributed by atoms with Crippen LogP contribution in [0.1, 0.15) is 13.8 Å². The topological polar surface area (TPSA) is 53.4 Å². The quantitative estimate of drug-likeness (QED) is 0.640. The van der Waals surface area contributed by atoms with Crippen LogP contribution in [0.2, 0.25) is 0 Å². The molecule has 3 rings (SSSR count). The molecule has 130 valence electrons. The number of benzene rings is 2. The Labute approximate surface area is 147 Å². The Hall–Kier alpha value is -2.82. The number of nitrogens with zero attached hydrogens (tertiary/aromatic N) is 2. The maximum absolute atomic E-state index is 11.7. The molecule has 0 bridgehead atoms. The molecule has 1 aromatic heterocycles. The number of carbonyl (C=O) groups excluding carboxylic acids is 1. The van der Waals surface area contributed by atoms with Gasteiger partial charge >= 0.3 is 5.97 Å². The molecule has 0 saturated carbocycles. The van der Waals surface area contributed by atoms with E-state index in [1.807, 2.05) is 48.5 Å². The fourth-order valence-corrected chi connectivity index (χ4v) is 2.64. The Kier molecular flexibility index (Phi) is 5.03. The third-order valence-electron chi connectivity index (χ3n) is 3.86. The van der Waals surface area contributed by atoms with Crippen LogP contribution < -0.4 is 4.74 Å². The van der Waals surface area contributed by atoms with Crippen LogP contribution in [0.4, 0.5) is 0 Å². The Balaban J connectivity index is 2.01. The number of esters is 1. The maximum Gasteiger partial charge on any atom is 0.327 e. The molecule has 5 nitrogen and oxygen atoms in total. The summed E-state index contributed by atoms with van der Waals surface area (Å²) in [6.45, 7) is 4.99. The van der Waals surface area contributed by atoms with E-state index < -0.39 is 0 Å². The highest BCUT2D eigenvalue weighted by Crippen LogP contribution is 2.30. The number of ether oxygens (including phenoxy) is 2. The molecule has 1 heterocycles. The summed E-state index contributed by atoms with van der Waals surface area (Å²) in [5.74, 6) is 0.954. The van der Waals surface area contributed by atoms with Gasteiger partial charge in [0.2, 0.25) is 0 Å². The van der Waals surface area contributed by atoms with Crippen molar-refractivity contribution in [2.45, 2.75) is 20.4 Å². The Morgan fingerprint density at radius 2 is 1.96 bits per heavy atom. The van der Waals surface area contributed by atoms with Crippen LogP contribution in [0.15, 0.2) is 48.5 Å². The lowest BCUT2D eigenvalue weighted by Crippen LogP contribution is -2.12. The molecule has 25 heavy (non-hydrogen) atoms. The molecule has 0 fully saturated rings. The first-order valence-electron chi connectivity index (χ1n) is 8.34. The van der Waals surface area contributed by atoms with Gasteiger partial charge in [-0.2, -0.15) is 5.10 Å². The van der Waals surface area contributed by atoms with Crippen molar-refractivity contribution in [1.29, 1.82) is 0 Å². The van der Waals surface area contributed by atoms with E-state index in [9.17, 15) is 4.79 Å². The zero-order valence-electron chi connectivity index (χ0n) is 14.7. The first-order chi connectivity index (χ1) is 12.1. The molecule has 0 spiro atoms. The third kappa shape index (κ3) is 3.82. The van der Waals surface area contributed by atoms with Crippen molar-refractivity contribution in [3.05, 3.63) is 48.5 Å². The van der Waals surface area contributed by atoms with Gasteiger partial charge in [-0.25, -0.2) is 0 Å². The van der Waals surface area contributed by atoms with Crippen molar-refractivity contribution in [1.82, 2.24) is 9.78 Å². The first-order valence-corrected chi connectivity index (χ1v) is 8.34. The molecule has 0 aliphatic rings. The number of methoxy groups -OCH3 is 1. The number of rotatable bonds is 6. The van der Waals surface area contributed by atoms with Crippen LogP contribution in [-0.2, 0) is 16.1 Å². The Bertz CT molecular complexity index is 884. The van der Waals surface area contributed by atoms with Crippen LogP contribution in [0.3, 0.4) is 0 Å². The van der Waals surface area contributed by atoms with Gasteiger partial charge in [-0.05, 0) is 24.1 Å². The summed E-state index contributed by atoms with van der Waals surface area (Å²) >= 11 is 0. The van der Waals surface area contributed by atoms with Gasteiger partial charge in [-0.3, -0.25) is 9.48 Å². The number of carbonyl (C=O) groups is 1. The molecule has 0 radical (unpaired) electrons. The molecule has 2 aromatic carbocycles. The molecule has 0 aliphatic heterocycles. The SMILES string of the molecule is COC(=O)Cn1nc(-c2cccc(OCC(C)C)c2)c2ccccc21. The van der Waals surface area contributed by atoms with Crippen LogP contribution in [0.25, 0.3) is 22.2 Å². The van der Waals surface area contributed by atoms with Gasteiger partial charge in [-0.15, -0.1) is 0 Å². The predicted molar refractivity (Wildman–Crippen MR) is 97.5 cm³/mol. The van der Waals surface area contributed by atoms with E-state index in [1.54, 1.807) is 4.68 Å². The van der Waals surface area contributed by atoms with Gasteiger partial charge in [0.1, 0.15) is 18.0 Å². The minimum absolute atomic E-state index is 0.0839. The van der Waals surface area contributed by atoms with Crippen LogP contribution in [-0.4, -0.2) is 29.5 Å². The number of aromatic nitrogens is 2. The number of hydrogen-bond donors (Lipinski definition) is 0. The minimum Gasteiger partial charge on any atom is -0.493 e. The fourth-order valence-electron chi connectivity index (χ4n) is 2.64. The molecule has 0 atom stereocenters. The zero-order valence-corrected chi connectivity index (χ0v) is 14.7. The monoisotopic (exact) mass is 338 g/mol. The summed E-state index contributed by atoms with van der Waals surface area (Å²) in [7, 11) is 1.38. The van der Waals surface area contributed by atoms with Crippen LogP contribution in [0, 0.1) is 5.92 Å². The van der Waals surface area contributed by atoms with Crippen molar-refractivity contribution in [3.63, 3.8) is 0 Å². The molecule has 0 amide bonds. The molecule has 5 heteroatoms. The summed E-state index contributed by atoms with van der Waals surface area (Å²) < 4.78 is 12.3.